The first-order chi connectivity index (χ1) is 8.59. The van der Waals surface area contributed by atoms with Crippen molar-refractivity contribution in [3.05, 3.63) is 35.9 Å². The highest BCUT2D eigenvalue weighted by Crippen LogP contribution is 1.94. The average Bonchev–Trinajstić information content (AvgIpc) is 2.34. The van der Waals surface area contributed by atoms with E-state index in [2.05, 4.69) is 22.5 Å². The van der Waals surface area contributed by atoms with Crippen molar-refractivity contribution in [2.24, 2.45) is 0 Å². The maximum atomic E-state index is 11.4. The van der Waals surface area contributed by atoms with Gasteiger partial charge in [0.2, 0.25) is 5.91 Å². The molecule has 94 valence electrons. The monoisotopic (exact) mass is 246 g/mol. The molecular weight excluding hydrogens is 232 g/mol. The molecule has 0 saturated carbocycles. The molecule has 0 aromatic heterocycles. The molecule has 1 atom stereocenters. The van der Waals surface area contributed by atoms with Crippen LogP contribution >= 0.6 is 0 Å². The van der Waals surface area contributed by atoms with E-state index in [1.807, 2.05) is 30.3 Å². The van der Waals surface area contributed by atoms with Gasteiger partial charge in [-0.15, -0.1) is 0 Å². The summed E-state index contributed by atoms with van der Waals surface area (Å²) in [4.78, 5) is 21.7. The van der Waals surface area contributed by atoms with Gasteiger partial charge in [-0.2, -0.15) is 0 Å². The van der Waals surface area contributed by atoms with Gasteiger partial charge < -0.3 is 15.7 Å². The van der Waals surface area contributed by atoms with Gasteiger partial charge in [-0.3, -0.25) is 4.79 Å². The van der Waals surface area contributed by atoms with Gasteiger partial charge in [-0.25, -0.2) is 4.79 Å². The number of benzene rings is 1. The van der Waals surface area contributed by atoms with E-state index < -0.39 is 18.0 Å². The molecular formula is C13H14N2O3. The van der Waals surface area contributed by atoms with Gasteiger partial charge in [0, 0.05) is 5.56 Å². The second kappa shape index (κ2) is 6.97. The molecule has 1 aromatic carbocycles. The predicted molar refractivity (Wildman–Crippen MR) is 67.0 cm³/mol. The van der Waals surface area contributed by atoms with Gasteiger partial charge in [0.25, 0.3) is 0 Å². The zero-order valence-electron chi connectivity index (χ0n) is 9.93. The number of hydrogen-bond acceptors (Lipinski definition) is 2. The molecule has 0 saturated heterocycles. The van der Waals surface area contributed by atoms with Crippen LogP contribution in [0.1, 0.15) is 12.5 Å². The molecule has 2 amide bonds. The first kappa shape index (κ1) is 13.6. The molecule has 0 aliphatic heterocycles. The average molecular weight is 246 g/mol. The van der Waals surface area contributed by atoms with Crippen molar-refractivity contribution in [1.29, 1.82) is 0 Å². The Morgan fingerprint density at radius 2 is 2.00 bits per heavy atom. The summed E-state index contributed by atoms with van der Waals surface area (Å²) in [6.07, 6.45) is -1.23. The second-order valence-electron chi connectivity index (χ2n) is 3.56. The Bertz CT molecular complexity index is 474. The molecule has 5 nitrogen and oxygen atoms in total. The van der Waals surface area contributed by atoms with Gasteiger partial charge in [0.1, 0.15) is 6.04 Å². The van der Waals surface area contributed by atoms with E-state index in [9.17, 15) is 9.59 Å². The van der Waals surface area contributed by atoms with Crippen molar-refractivity contribution in [3.63, 3.8) is 0 Å². The molecule has 0 fully saturated rings. The highest BCUT2D eigenvalue weighted by molar-refractivity contribution is 5.84. The number of carbonyl (C=O) groups is 2. The Morgan fingerprint density at radius 1 is 1.33 bits per heavy atom. The normalized spacial score (nSPS) is 10.7. The molecule has 18 heavy (non-hydrogen) atoms. The summed E-state index contributed by atoms with van der Waals surface area (Å²) in [5.41, 5.74) is 0.864. The number of amides is 2. The largest absolute Gasteiger partial charge is 0.465 e. The standard InChI is InChI=1S/C13H14N2O3/c1-10(15-13(17)18)12(16)14-9-5-8-11-6-3-2-4-7-11/h2-4,6-7,10,15H,9H2,1H3,(H,14,16)(H,17,18). The first-order valence-corrected chi connectivity index (χ1v) is 5.40. The first-order valence-electron chi connectivity index (χ1n) is 5.40. The van der Waals surface area contributed by atoms with E-state index in [0.717, 1.165) is 5.56 Å². The Hall–Kier alpha value is -2.48. The fraction of sp³-hybridized carbons (Fsp3) is 0.231. The fourth-order valence-corrected chi connectivity index (χ4v) is 1.20. The van der Waals surface area contributed by atoms with Crippen molar-refractivity contribution in [3.8, 4) is 11.8 Å². The maximum Gasteiger partial charge on any atom is 0.405 e. The second-order valence-corrected chi connectivity index (χ2v) is 3.56. The Kier molecular flexibility index (Phi) is 5.26. The van der Waals surface area contributed by atoms with Crippen LogP contribution in [0.2, 0.25) is 0 Å². The van der Waals surface area contributed by atoms with Crippen molar-refractivity contribution < 1.29 is 14.7 Å². The Balaban J connectivity index is 2.36. The molecule has 0 heterocycles. The van der Waals surface area contributed by atoms with E-state index in [4.69, 9.17) is 5.11 Å². The van der Waals surface area contributed by atoms with Crippen molar-refractivity contribution in [1.82, 2.24) is 10.6 Å². The van der Waals surface area contributed by atoms with Crippen LogP contribution in [0.4, 0.5) is 4.79 Å². The maximum absolute atomic E-state index is 11.4. The smallest absolute Gasteiger partial charge is 0.405 e. The number of carbonyl (C=O) groups excluding carboxylic acids is 1. The van der Waals surface area contributed by atoms with Crippen LogP contribution in [0.15, 0.2) is 30.3 Å². The van der Waals surface area contributed by atoms with Crippen LogP contribution in [-0.4, -0.2) is 29.7 Å². The van der Waals surface area contributed by atoms with Gasteiger partial charge >= 0.3 is 6.09 Å². The third kappa shape index (κ3) is 5.03. The minimum atomic E-state index is -1.23. The third-order valence-corrected chi connectivity index (χ3v) is 2.09. The lowest BCUT2D eigenvalue weighted by atomic mass is 10.2. The van der Waals surface area contributed by atoms with E-state index in [0.29, 0.717) is 0 Å². The van der Waals surface area contributed by atoms with Gasteiger partial charge in [-0.1, -0.05) is 30.0 Å². The SMILES string of the molecule is CC(NC(=O)O)C(=O)NCC#Cc1ccccc1. The quantitative estimate of drug-likeness (QED) is 0.691. The summed E-state index contributed by atoms with van der Waals surface area (Å²) in [6, 6.07) is 8.59. The minimum absolute atomic E-state index is 0.180. The van der Waals surface area contributed by atoms with Crippen molar-refractivity contribution >= 4 is 12.0 Å². The number of nitrogens with one attached hydrogen (secondary N) is 2. The summed E-state index contributed by atoms with van der Waals surface area (Å²) >= 11 is 0. The zero-order valence-corrected chi connectivity index (χ0v) is 9.93. The lowest BCUT2D eigenvalue weighted by molar-refractivity contribution is -0.122. The van der Waals surface area contributed by atoms with Gasteiger partial charge in [-0.05, 0) is 19.1 Å². The molecule has 1 unspecified atom stereocenters. The van der Waals surface area contributed by atoms with E-state index in [1.165, 1.54) is 6.92 Å². The number of carboxylic acid groups (broad SMARTS) is 1. The molecule has 0 aliphatic rings. The molecule has 0 aliphatic carbocycles. The highest BCUT2D eigenvalue weighted by atomic mass is 16.4. The van der Waals surface area contributed by atoms with E-state index >= 15 is 0 Å². The molecule has 1 rings (SSSR count). The molecule has 3 N–H and O–H groups in total. The third-order valence-electron chi connectivity index (χ3n) is 2.09. The van der Waals surface area contributed by atoms with E-state index in [-0.39, 0.29) is 6.54 Å². The van der Waals surface area contributed by atoms with Crippen LogP contribution in [0.3, 0.4) is 0 Å². The Labute approximate surface area is 105 Å². The summed E-state index contributed by atoms with van der Waals surface area (Å²) < 4.78 is 0. The van der Waals surface area contributed by atoms with Crippen LogP contribution in [0, 0.1) is 11.8 Å². The molecule has 1 aromatic rings. The fourth-order valence-electron chi connectivity index (χ4n) is 1.20. The molecule has 5 heteroatoms. The van der Waals surface area contributed by atoms with Crippen LogP contribution < -0.4 is 10.6 Å². The molecule has 0 radical (unpaired) electrons. The van der Waals surface area contributed by atoms with Gasteiger partial charge in [0.15, 0.2) is 0 Å². The summed E-state index contributed by atoms with van der Waals surface area (Å²) in [5.74, 6) is 5.26. The van der Waals surface area contributed by atoms with Crippen molar-refractivity contribution in [2.75, 3.05) is 6.54 Å². The zero-order chi connectivity index (χ0) is 13.4. The van der Waals surface area contributed by atoms with Crippen LogP contribution in [-0.2, 0) is 4.79 Å². The lowest BCUT2D eigenvalue weighted by Gasteiger charge is -2.09. The number of hydrogen-bond donors (Lipinski definition) is 3. The predicted octanol–water partition coefficient (Wildman–Crippen LogP) is 0.810. The van der Waals surface area contributed by atoms with Gasteiger partial charge in [0.05, 0.1) is 6.54 Å². The topological polar surface area (TPSA) is 78.4 Å². The highest BCUT2D eigenvalue weighted by Gasteiger charge is 2.13. The van der Waals surface area contributed by atoms with Crippen LogP contribution in [0.25, 0.3) is 0 Å². The van der Waals surface area contributed by atoms with Crippen LogP contribution in [0.5, 0.6) is 0 Å². The minimum Gasteiger partial charge on any atom is -0.465 e. The summed E-state index contributed by atoms with van der Waals surface area (Å²) in [5, 5.41) is 13.0. The molecule has 0 spiro atoms. The number of rotatable bonds is 3. The van der Waals surface area contributed by atoms with E-state index in [1.54, 1.807) is 0 Å². The lowest BCUT2D eigenvalue weighted by Crippen LogP contribution is -2.44. The summed E-state index contributed by atoms with van der Waals surface area (Å²) in [7, 11) is 0. The molecule has 0 bridgehead atoms. The summed E-state index contributed by atoms with van der Waals surface area (Å²) in [6.45, 7) is 1.65. The van der Waals surface area contributed by atoms with Crippen molar-refractivity contribution in [2.45, 2.75) is 13.0 Å². The Morgan fingerprint density at radius 3 is 2.61 bits per heavy atom.